The molecule has 1 aliphatic heterocycles. The number of benzene rings is 2. The van der Waals surface area contributed by atoms with Gasteiger partial charge in [0.15, 0.2) is 0 Å². The lowest BCUT2D eigenvalue weighted by Gasteiger charge is -2.30. The van der Waals surface area contributed by atoms with Crippen molar-refractivity contribution in [1.82, 2.24) is 0 Å². The largest absolute Gasteiger partial charge is 0.362 e. The second-order valence-corrected chi connectivity index (χ2v) is 6.13. The second kappa shape index (κ2) is 6.31. The summed E-state index contributed by atoms with van der Waals surface area (Å²) in [7, 11) is 0. The van der Waals surface area contributed by atoms with Gasteiger partial charge in [-0.1, -0.05) is 40.2 Å². The highest BCUT2D eigenvalue weighted by Gasteiger charge is 2.18. The first-order valence-corrected chi connectivity index (χ1v) is 7.90. The topological polar surface area (TPSA) is 32.3 Å². The van der Waals surface area contributed by atoms with Gasteiger partial charge in [0, 0.05) is 22.4 Å². The molecule has 0 saturated heterocycles. The Bertz CT molecular complexity index is 657. The zero-order chi connectivity index (χ0) is 14.7. The Morgan fingerprint density at radius 1 is 1.19 bits per heavy atom. The third-order valence-electron chi connectivity index (χ3n) is 3.65. The van der Waals surface area contributed by atoms with Gasteiger partial charge < -0.3 is 10.2 Å². The zero-order valence-electron chi connectivity index (χ0n) is 11.7. The molecule has 0 fully saturated rings. The van der Waals surface area contributed by atoms with Gasteiger partial charge in [-0.3, -0.25) is 4.79 Å². The summed E-state index contributed by atoms with van der Waals surface area (Å²) in [5, 5.41) is 2.95. The van der Waals surface area contributed by atoms with Crippen LogP contribution in [-0.2, 0) is 11.2 Å². The molecule has 21 heavy (non-hydrogen) atoms. The Hall–Kier alpha value is -1.81. The highest BCUT2D eigenvalue weighted by atomic mass is 79.9. The second-order valence-electron chi connectivity index (χ2n) is 5.21. The molecule has 2 aromatic rings. The van der Waals surface area contributed by atoms with Crippen molar-refractivity contribution in [2.75, 3.05) is 23.3 Å². The van der Waals surface area contributed by atoms with Crippen LogP contribution in [-0.4, -0.2) is 19.0 Å². The number of anilines is 2. The maximum atomic E-state index is 12.2. The summed E-state index contributed by atoms with van der Waals surface area (Å²) in [4.78, 5) is 14.4. The fraction of sp³-hybridized carbons (Fsp3) is 0.235. The molecule has 1 amide bonds. The molecule has 0 unspecified atom stereocenters. The summed E-state index contributed by atoms with van der Waals surface area (Å²) in [6.07, 6.45) is 2.20. The first-order chi connectivity index (χ1) is 10.2. The van der Waals surface area contributed by atoms with Crippen LogP contribution in [0.4, 0.5) is 11.4 Å². The average Bonchev–Trinajstić information content (AvgIpc) is 2.47. The van der Waals surface area contributed by atoms with Crippen molar-refractivity contribution in [3.8, 4) is 0 Å². The summed E-state index contributed by atoms with van der Waals surface area (Å²) in [5.41, 5.74) is 3.34. The monoisotopic (exact) mass is 344 g/mol. The standard InChI is InChI=1S/C17H17BrN2O/c18-14-7-3-8-15(11-14)19-17(21)12-20-10-4-6-13-5-1-2-9-16(13)20/h1-3,5,7-9,11H,4,6,10,12H2,(H,19,21). The lowest BCUT2D eigenvalue weighted by atomic mass is 10.0. The molecule has 0 aromatic heterocycles. The first-order valence-electron chi connectivity index (χ1n) is 7.10. The molecule has 3 rings (SSSR count). The minimum absolute atomic E-state index is 0.0183. The summed E-state index contributed by atoms with van der Waals surface area (Å²) in [6, 6.07) is 16.0. The van der Waals surface area contributed by atoms with E-state index < -0.39 is 0 Å². The molecule has 2 aromatic carbocycles. The van der Waals surface area contributed by atoms with Gasteiger partial charge in [0.25, 0.3) is 0 Å². The third kappa shape index (κ3) is 3.45. The number of hydrogen-bond donors (Lipinski definition) is 1. The number of amides is 1. The van der Waals surface area contributed by atoms with Crippen LogP contribution < -0.4 is 10.2 Å². The SMILES string of the molecule is O=C(CN1CCCc2ccccc21)Nc1cccc(Br)c1. The van der Waals surface area contributed by atoms with E-state index in [1.165, 1.54) is 11.3 Å². The molecule has 0 saturated carbocycles. The fourth-order valence-corrected chi connectivity index (χ4v) is 3.12. The van der Waals surface area contributed by atoms with E-state index in [9.17, 15) is 4.79 Å². The lowest BCUT2D eigenvalue weighted by Crippen LogP contribution is -2.36. The number of nitrogens with one attached hydrogen (secondary N) is 1. The molecule has 1 heterocycles. The molecule has 0 spiro atoms. The Morgan fingerprint density at radius 3 is 2.90 bits per heavy atom. The molecule has 3 nitrogen and oxygen atoms in total. The molecular weight excluding hydrogens is 328 g/mol. The molecule has 1 N–H and O–H groups in total. The number of para-hydroxylation sites is 1. The summed E-state index contributed by atoms with van der Waals surface area (Å²) >= 11 is 3.41. The van der Waals surface area contributed by atoms with E-state index in [4.69, 9.17) is 0 Å². The number of halogens is 1. The predicted octanol–water partition coefficient (Wildman–Crippen LogP) is 3.84. The minimum Gasteiger partial charge on any atom is -0.362 e. The van der Waals surface area contributed by atoms with Crippen LogP contribution in [0.1, 0.15) is 12.0 Å². The van der Waals surface area contributed by atoms with Crippen LogP contribution in [0, 0.1) is 0 Å². The van der Waals surface area contributed by atoms with Crippen molar-refractivity contribution in [3.05, 3.63) is 58.6 Å². The number of nitrogens with zero attached hydrogens (tertiary/aromatic N) is 1. The Kier molecular flexibility index (Phi) is 4.25. The summed E-state index contributed by atoms with van der Waals surface area (Å²) in [6.45, 7) is 1.33. The van der Waals surface area contributed by atoms with E-state index in [1.807, 2.05) is 30.3 Å². The quantitative estimate of drug-likeness (QED) is 0.917. The van der Waals surface area contributed by atoms with Gasteiger partial charge in [-0.05, 0) is 42.7 Å². The molecular formula is C17H17BrN2O. The Balaban J connectivity index is 1.68. The predicted molar refractivity (Wildman–Crippen MR) is 89.7 cm³/mol. The zero-order valence-corrected chi connectivity index (χ0v) is 13.3. The van der Waals surface area contributed by atoms with Gasteiger partial charge in [-0.15, -0.1) is 0 Å². The average molecular weight is 345 g/mol. The Morgan fingerprint density at radius 2 is 2.05 bits per heavy atom. The van der Waals surface area contributed by atoms with E-state index in [1.54, 1.807) is 0 Å². The maximum absolute atomic E-state index is 12.2. The molecule has 0 atom stereocenters. The molecule has 0 aliphatic carbocycles. The molecule has 0 radical (unpaired) electrons. The highest BCUT2D eigenvalue weighted by molar-refractivity contribution is 9.10. The van der Waals surface area contributed by atoms with Gasteiger partial charge >= 0.3 is 0 Å². The van der Waals surface area contributed by atoms with E-state index in [0.717, 1.165) is 29.5 Å². The molecule has 0 bridgehead atoms. The number of hydrogen-bond acceptors (Lipinski definition) is 2. The van der Waals surface area contributed by atoms with Gasteiger partial charge in [0.1, 0.15) is 0 Å². The van der Waals surface area contributed by atoms with Crippen LogP contribution >= 0.6 is 15.9 Å². The van der Waals surface area contributed by atoms with Crippen molar-refractivity contribution in [1.29, 1.82) is 0 Å². The van der Waals surface area contributed by atoms with Gasteiger partial charge in [0.05, 0.1) is 6.54 Å². The Labute approximate surface area is 133 Å². The number of fused-ring (bicyclic) bond motifs is 1. The van der Waals surface area contributed by atoms with Crippen molar-refractivity contribution in [2.45, 2.75) is 12.8 Å². The maximum Gasteiger partial charge on any atom is 0.243 e. The van der Waals surface area contributed by atoms with E-state index in [-0.39, 0.29) is 5.91 Å². The third-order valence-corrected chi connectivity index (χ3v) is 4.14. The first kappa shape index (κ1) is 14.1. The number of aryl methyl sites for hydroxylation is 1. The molecule has 1 aliphatic rings. The summed E-state index contributed by atoms with van der Waals surface area (Å²) < 4.78 is 0.962. The van der Waals surface area contributed by atoms with Gasteiger partial charge in [0.2, 0.25) is 5.91 Å². The van der Waals surface area contributed by atoms with Crippen LogP contribution in [0.15, 0.2) is 53.0 Å². The lowest BCUT2D eigenvalue weighted by molar-refractivity contribution is -0.115. The normalized spacial score (nSPS) is 13.7. The van der Waals surface area contributed by atoms with Crippen molar-refractivity contribution < 1.29 is 4.79 Å². The highest BCUT2D eigenvalue weighted by Crippen LogP contribution is 2.26. The van der Waals surface area contributed by atoms with E-state index in [2.05, 4.69) is 44.3 Å². The number of carbonyl (C=O) groups is 1. The summed E-state index contributed by atoms with van der Waals surface area (Å²) in [5.74, 6) is 0.0183. The van der Waals surface area contributed by atoms with E-state index >= 15 is 0 Å². The van der Waals surface area contributed by atoms with Crippen LogP contribution in [0.3, 0.4) is 0 Å². The van der Waals surface area contributed by atoms with Gasteiger partial charge in [-0.25, -0.2) is 0 Å². The van der Waals surface area contributed by atoms with Crippen LogP contribution in [0.5, 0.6) is 0 Å². The molecule has 4 heteroatoms. The van der Waals surface area contributed by atoms with Gasteiger partial charge in [-0.2, -0.15) is 0 Å². The molecule has 108 valence electrons. The van der Waals surface area contributed by atoms with Crippen LogP contribution in [0.25, 0.3) is 0 Å². The smallest absolute Gasteiger partial charge is 0.243 e. The number of carbonyl (C=O) groups excluding carboxylic acids is 1. The van der Waals surface area contributed by atoms with Crippen molar-refractivity contribution >= 4 is 33.2 Å². The van der Waals surface area contributed by atoms with Crippen molar-refractivity contribution in [2.24, 2.45) is 0 Å². The minimum atomic E-state index is 0.0183. The van der Waals surface area contributed by atoms with Crippen LogP contribution in [0.2, 0.25) is 0 Å². The van der Waals surface area contributed by atoms with E-state index in [0.29, 0.717) is 6.54 Å². The number of rotatable bonds is 3. The van der Waals surface area contributed by atoms with Crippen molar-refractivity contribution in [3.63, 3.8) is 0 Å². The fourth-order valence-electron chi connectivity index (χ4n) is 2.72.